The third kappa shape index (κ3) is 5.61. The number of amides is 2. The number of piperidine rings is 1. The van der Waals surface area contributed by atoms with E-state index in [1.807, 2.05) is 0 Å². The van der Waals surface area contributed by atoms with Crippen molar-refractivity contribution in [1.29, 1.82) is 0 Å². The van der Waals surface area contributed by atoms with Crippen molar-refractivity contribution in [2.75, 3.05) is 32.5 Å². The summed E-state index contributed by atoms with van der Waals surface area (Å²) in [6.07, 6.45) is 0.753. The van der Waals surface area contributed by atoms with Crippen LogP contribution in [0.5, 0.6) is 0 Å². The van der Waals surface area contributed by atoms with Crippen LogP contribution in [-0.4, -0.2) is 62.4 Å². The van der Waals surface area contributed by atoms with Crippen LogP contribution in [0.15, 0.2) is 47.4 Å². The van der Waals surface area contributed by atoms with Gasteiger partial charge in [0, 0.05) is 44.4 Å². The Morgan fingerprint density at radius 1 is 1.03 bits per heavy atom. The van der Waals surface area contributed by atoms with E-state index in [4.69, 9.17) is 11.6 Å². The minimum atomic E-state index is -3.70. The van der Waals surface area contributed by atoms with Gasteiger partial charge in [0.05, 0.1) is 15.5 Å². The van der Waals surface area contributed by atoms with Gasteiger partial charge in [-0.05, 0) is 50.1 Å². The second kappa shape index (κ2) is 10.0. The first-order chi connectivity index (χ1) is 15.5. The molecule has 3 rings (SSSR count). The normalized spacial score (nSPS) is 15.2. The molecule has 0 aromatic heterocycles. The summed E-state index contributed by atoms with van der Waals surface area (Å²) >= 11 is 6.20. The summed E-state index contributed by atoms with van der Waals surface area (Å²) in [5, 5.41) is 3.04. The minimum Gasteiger partial charge on any atom is -0.345 e. The van der Waals surface area contributed by atoms with E-state index in [0.717, 1.165) is 0 Å². The molecule has 0 atom stereocenters. The Kier molecular flexibility index (Phi) is 7.56. The highest BCUT2D eigenvalue weighted by Crippen LogP contribution is 2.27. The zero-order valence-corrected chi connectivity index (χ0v) is 20.2. The number of hydrogen-bond donors (Lipinski definition) is 1. The van der Waals surface area contributed by atoms with Crippen LogP contribution >= 0.6 is 11.6 Å². The molecule has 0 bridgehead atoms. The van der Waals surface area contributed by atoms with Crippen molar-refractivity contribution in [3.05, 3.63) is 58.6 Å². The molecule has 2 amide bonds. The van der Waals surface area contributed by atoms with Gasteiger partial charge < -0.3 is 10.2 Å². The van der Waals surface area contributed by atoms with Crippen LogP contribution in [0.2, 0.25) is 5.02 Å². The van der Waals surface area contributed by atoms with Gasteiger partial charge in [-0.15, -0.1) is 0 Å². The van der Waals surface area contributed by atoms with E-state index < -0.39 is 10.0 Å². The second-order valence-corrected chi connectivity index (χ2v) is 10.5. The number of ketones is 1. The summed E-state index contributed by atoms with van der Waals surface area (Å²) in [7, 11) is -0.447. The molecule has 2 aromatic carbocycles. The second-order valence-electron chi connectivity index (χ2n) is 8.14. The van der Waals surface area contributed by atoms with Gasteiger partial charge in [0.2, 0.25) is 15.9 Å². The predicted molar refractivity (Wildman–Crippen MR) is 126 cm³/mol. The fourth-order valence-corrected chi connectivity index (χ4v) is 5.35. The summed E-state index contributed by atoms with van der Waals surface area (Å²) in [5.41, 5.74) is 1.26. The molecule has 0 aliphatic carbocycles. The highest BCUT2D eigenvalue weighted by atomic mass is 35.5. The molecule has 1 N–H and O–H groups in total. The number of benzene rings is 2. The molecule has 1 fully saturated rings. The van der Waals surface area contributed by atoms with Gasteiger partial charge in [-0.1, -0.05) is 23.7 Å². The van der Waals surface area contributed by atoms with Crippen molar-refractivity contribution >= 4 is 44.9 Å². The third-order valence-corrected chi connectivity index (χ3v) is 7.82. The summed E-state index contributed by atoms with van der Waals surface area (Å²) in [5.74, 6) is -0.938. The lowest BCUT2D eigenvalue weighted by Crippen LogP contribution is -2.41. The molecular weight excluding hydrogens is 466 g/mol. The molecule has 2 aromatic rings. The first-order valence-electron chi connectivity index (χ1n) is 10.4. The number of hydrogen-bond acceptors (Lipinski definition) is 5. The minimum absolute atomic E-state index is 0.123. The SMILES string of the molecule is CC(=O)c1ccc(S(=O)(=O)N2CCC(C(=O)Nc3ccc(C(=O)N(C)C)c(Cl)c3)CC2)cc1. The van der Waals surface area contributed by atoms with Crippen LogP contribution in [0.25, 0.3) is 0 Å². The van der Waals surface area contributed by atoms with Crippen molar-refractivity contribution in [3.8, 4) is 0 Å². The highest BCUT2D eigenvalue weighted by Gasteiger charge is 2.32. The lowest BCUT2D eigenvalue weighted by molar-refractivity contribution is -0.120. The molecule has 0 radical (unpaired) electrons. The molecule has 33 heavy (non-hydrogen) atoms. The summed E-state index contributed by atoms with van der Waals surface area (Å²) in [6, 6.07) is 10.6. The zero-order chi connectivity index (χ0) is 24.3. The van der Waals surface area contributed by atoms with Crippen molar-refractivity contribution < 1.29 is 22.8 Å². The number of Topliss-reactive ketones (excluding diaryl/α,β-unsaturated/α-hetero) is 1. The Balaban J connectivity index is 1.61. The maximum atomic E-state index is 12.9. The Hall–Kier alpha value is -2.75. The smallest absolute Gasteiger partial charge is 0.254 e. The molecule has 0 spiro atoms. The molecule has 1 aliphatic rings. The average Bonchev–Trinajstić information content (AvgIpc) is 2.78. The zero-order valence-electron chi connectivity index (χ0n) is 18.7. The van der Waals surface area contributed by atoms with Crippen molar-refractivity contribution in [2.24, 2.45) is 5.92 Å². The topological polar surface area (TPSA) is 104 Å². The standard InChI is InChI=1S/C23H26ClN3O5S/c1-15(28)16-4-7-19(8-5-16)33(31,32)27-12-10-17(11-13-27)22(29)25-18-6-9-20(21(24)14-18)23(30)26(2)3/h4-9,14,17H,10-13H2,1-3H3,(H,25,29). The summed E-state index contributed by atoms with van der Waals surface area (Å²) < 4.78 is 27.2. The number of carbonyl (C=O) groups is 3. The fraction of sp³-hybridized carbons (Fsp3) is 0.348. The molecule has 1 aliphatic heterocycles. The monoisotopic (exact) mass is 491 g/mol. The summed E-state index contributed by atoms with van der Waals surface area (Å²) in [4.78, 5) is 37.7. The number of anilines is 1. The van der Waals surface area contributed by atoms with Crippen LogP contribution in [0.1, 0.15) is 40.5 Å². The Morgan fingerprint density at radius 3 is 2.15 bits per heavy atom. The quantitative estimate of drug-likeness (QED) is 0.624. The third-order valence-electron chi connectivity index (χ3n) is 5.60. The molecule has 1 saturated heterocycles. The Bertz CT molecular complexity index is 1170. The largest absolute Gasteiger partial charge is 0.345 e. The van der Waals surface area contributed by atoms with Crippen LogP contribution < -0.4 is 5.32 Å². The lowest BCUT2D eigenvalue weighted by atomic mass is 9.97. The molecule has 10 heteroatoms. The van der Waals surface area contributed by atoms with Gasteiger partial charge >= 0.3 is 0 Å². The van der Waals surface area contributed by atoms with E-state index >= 15 is 0 Å². The van der Waals surface area contributed by atoms with Gasteiger partial charge in [0.15, 0.2) is 5.78 Å². The van der Waals surface area contributed by atoms with Gasteiger partial charge in [-0.3, -0.25) is 14.4 Å². The van der Waals surface area contributed by atoms with E-state index in [2.05, 4.69) is 5.32 Å². The number of carbonyl (C=O) groups excluding carboxylic acids is 3. The Morgan fingerprint density at radius 2 is 1.64 bits per heavy atom. The summed E-state index contributed by atoms with van der Waals surface area (Å²) in [6.45, 7) is 1.85. The maximum Gasteiger partial charge on any atom is 0.254 e. The van der Waals surface area contributed by atoms with E-state index in [0.29, 0.717) is 29.7 Å². The number of sulfonamides is 1. The number of nitrogens with one attached hydrogen (secondary N) is 1. The van der Waals surface area contributed by atoms with Gasteiger partial charge in [0.1, 0.15) is 0 Å². The molecule has 8 nitrogen and oxygen atoms in total. The first-order valence-corrected chi connectivity index (χ1v) is 12.3. The molecule has 0 unspecified atom stereocenters. The molecule has 1 heterocycles. The lowest BCUT2D eigenvalue weighted by Gasteiger charge is -2.30. The predicted octanol–water partition coefficient (Wildman–Crippen LogP) is 3.28. The number of halogens is 1. The first kappa shape index (κ1) is 24.9. The van der Waals surface area contributed by atoms with Crippen LogP contribution in [0.4, 0.5) is 5.69 Å². The maximum absolute atomic E-state index is 12.9. The van der Waals surface area contributed by atoms with Gasteiger partial charge in [0.25, 0.3) is 5.91 Å². The molecule has 176 valence electrons. The number of nitrogens with zero attached hydrogens (tertiary/aromatic N) is 2. The van der Waals surface area contributed by atoms with Gasteiger partial charge in [-0.25, -0.2) is 8.42 Å². The van der Waals surface area contributed by atoms with E-state index in [1.165, 1.54) is 46.5 Å². The molecular formula is C23H26ClN3O5S. The Labute approximate surface area is 198 Å². The van der Waals surface area contributed by atoms with Crippen LogP contribution in [-0.2, 0) is 14.8 Å². The van der Waals surface area contributed by atoms with E-state index in [9.17, 15) is 22.8 Å². The van der Waals surface area contributed by atoms with Crippen molar-refractivity contribution in [1.82, 2.24) is 9.21 Å². The van der Waals surface area contributed by atoms with Crippen LogP contribution in [0, 0.1) is 5.92 Å². The fourth-order valence-electron chi connectivity index (χ4n) is 3.62. The van der Waals surface area contributed by atoms with E-state index in [-0.39, 0.29) is 46.5 Å². The van der Waals surface area contributed by atoms with Crippen molar-refractivity contribution in [2.45, 2.75) is 24.7 Å². The van der Waals surface area contributed by atoms with Gasteiger partial charge in [-0.2, -0.15) is 4.31 Å². The molecule has 0 saturated carbocycles. The van der Waals surface area contributed by atoms with Crippen LogP contribution in [0.3, 0.4) is 0 Å². The number of rotatable bonds is 6. The highest BCUT2D eigenvalue weighted by molar-refractivity contribution is 7.89. The van der Waals surface area contributed by atoms with E-state index in [1.54, 1.807) is 26.2 Å². The van der Waals surface area contributed by atoms with Crippen molar-refractivity contribution in [3.63, 3.8) is 0 Å². The average molecular weight is 492 g/mol.